The van der Waals surface area contributed by atoms with E-state index in [0.29, 0.717) is 23.6 Å². The molecule has 4 rings (SSSR count). The van der Waals surface area contributed by atoms with Gasteiger partial charge in [0, 0.05) is 12.4 Å². The standard InChI is InChI=1S/C13H10N6O2S/c20-13-9-2-5-22-12(9)14-8-18(13)7-11-16-10(17-21-11)6-19-4-1-3-15-19/h1-5,8H,6-7H2. The van der Waals surface area contributed by atoms with E-state index in [4.69, 9.17) is 4.52 Å². The summed E-state index contributed by atoms with van der Waals surface area (Å²) in [5.74, 6) is 0.872. The molecule has 22 heavy (non-hydrogen) atoms. The van der Waals surface area contributed by atoms with Crippen LogP contribution in [0.15, 0.2) is 45.6 Å². The zero-order valence-corrected chi connectivity index (χ0v) is 12.1. The third-order valence-electron chi connectivity index (χ3n) is 3.13. The molecule has 0 radical (unpaired) electrons. The summed E-state index contributed by atoms with van der Waals surface area (Å²) < 4.78 is 8.33. The summed E-state index contributed by atoms with van der Waals surface area (Å²) >= 11 is 1.44. The van der Waals surface area contributed by atoms with Crippen LogP contribution in [0, 0.1) is 0 Å². The zero-order chi connectivity index (χ0) is 14.9. The average Bonchev–Trinajstić information content (AvgIpc) is 3.24. The van der Waals surface area contributed by atoms with Gasteiger partial charge in [-0.05, 0) is 17.5 Å². The van der Waals surface area contributed by atoms with E-state index in [0.717, 1.165) is 4.83 Å². The lowest BCUT2D eigenvalue weighted by atomic mass is 10.4. The Kier molecular flexibility index (Phi) is 3.04. The Balaban J connectivity index is 1.59. The minimum atomic E-state index is -0.113. The lowest BCUT2D eigenvalue weighted by Gasteiger charge is -2.00. The van der Waals surface area contributed by atoms with Gasteiger partial charge in [0.05, 0.1) is 11.7 Å². The molecule has 0 aliphatic heterocycles. The topological polar surface area (TPSA) is 91.6 Å². The predicted octanol–water partition coefficient (Wildman–Crippen LogP) is 1.13. The Bertz CT molecular complexity index is 968. The lowest BCUT2D eigenvalue weighted by Crippen LogP contribution is -2.20. The predicted molar refractivity (Wildman–Crippen MR) is 78.6 cm³/mol. The van der Waals surface area contributed by atoms with E-state index in [2.05, 4.69) is 20.2 Å². The van der Waals surface area contributed by atoms with E-state index >= 15 is 0 Å². The molecule has 0 atom stereocenters. The second-order valence-corrected chi connectivity index (χ2v) is 5.52. The van der Waals surface area contributed by atoms with E-state index in [1.807, 2.05) is 17.6 Å². The van der Waals surface area contributed by atoms with Crippen LogP contribution in [0.2, 0.25) is 0 Å². The average molecular weight is 314 g/mol. The largest absolute Gasteiger partial charge is 0.337 e. The summed E-state index contributed by atoms with van der Waals surface area (Å²) in [4.78, 5) is 21.5. The molecule has 4 heterocycles. The second-order valence-electron chi connectivity index (χ2n) is 4.63. The third-order valence-corrected chi connectivity index (χ3v) is 3.95. The molecular formula is C13H10N6O2S. The molecule has 0 aromatic carbocycles. The highest BCUT2D eigenvalue weighted by atomic mass is 32.1. The van der Waals surface area contributed by atoms with Crippen molar-refractivity contribution in [3.63, 3.8) is 0 Å². The quantitative estimate of drug-likeness (QED) is 0.561. The molecule has 0 spiro atoms. The van der Waals surface area contributed by atoms with Crippen LogP contribution in [0.25, 0.3) is 10.2 Å². The van der Waals surface area contributed by atoms with Gasteiger partial charge in [0.25, 0.3) is 5.56 Å². The van der Waals surface area contributed by atoms with Gasteiger partial charge in [0.15, 0.2) is 5.82 Å². The smallest absolute Gasteiger partial charge is 0.262 e. The first kappa shape index (κ1) is 12.9. The SMILES string of the molecule is O=c1c2ccsc2ncn1Cc1nc(Cn2cccn2)no1. The normalized spacial score (nSPS) is 11.3. The molecule has 0 N–H and O–H groups in total. The van der Waals surface area contributed by atoms with Crippen molar-refractivity contribution in [3.05, 3.63) is 58.3 Å². The van der Waals surface area contributed by atoms with Crippen LogP contribution < -0.4 is 5.56 Å². The first-order chi connectivity index (χ1) is 10.8. The molecule has 0 fully saturated rings. The third kappa shape index (κ3) is 2.31. The Morgan fingerprint density at radius 1 is 1.32 bits per heavy atom. The molecule has 0 saturated heterocycles. The Morgan fingerprint density at radius 2 is 2.27 bits per heavy atom. The van der Waals surface area contributed by atoms with Gasteiger partial charge in [0.1, 0.15) is 17.9 Å². The van der Waals surface area contributed by atoms with Crippen LogP contribution in [0.3, 0.4) is 0 Å². The molecule has 4 aromatic rings. The molecule has 0 aliphatic carbocycles. The number of rotatable bonds is 4. The lowest BCUT2D eigenvalue weighted by molar-refractivity contribution is 0.363. The van der Waals surface area contributed by atoms with Gasteiger partial charge in [-0.25, -0.2) is 4.98 Å². The highest BCUT2D eigenvalue weighted by Crippen LogP contribution is 2.13. The highest BCUT2D eigenvalue weighted by Gasteiger charge is 2.11. The number of nitrogens with zero attached hydrogens (tertiary/aromatic N) is 6. The van der Waals surface area contributed by atoms with E-state index < -0.39 is 0 Å². The van der Waals surface area contributed by atoms with Crippen molar-refractivity contribution in [1.82, 2.24) is 29.5 Å². The molecule has 0 amide bonds. The molecule has 0 bridgehead atoms. The summed E-state index contributed by atoms with van der Waals surface area (Å²) in [7, 11) is 0. The van der Waals surface area contributed by atoms with Gasteiger partial charge < -0.3 is 4.52 Å². The monoisotopic (exact) mass is 314 g/mol. The van der Waals surface area contributed by atoms with Crippen molar-refractivity contribution in [2.45, 2.75) is 13.1 Å². The van der Waals surface area contributed by atoms with Gasteiger partial charge in [-0.2, -0.15) is 10.1 Å². The molecule has 9 heteroatoms. The summed E-state index contributed by atoms with van der Waals surface area (Å²) in [6.07, 6.45) is 5.00. The Morgan fingerprint density at radius 3 is 3.14 bits per heavy atom. The Labute approximate surface area is 127 Å². The van der Waals surface area contributed by atoms with Crippen LogP contribution >= 0.6 is 11.3 Å². The fourth-order valence-electron chi connectivity index (χ4n) is 2.11. The number of aromatic nitrogens is 6. The van der Waals surface area contributed by atoms with Crippen LogP contribution in [-0.4, -0.2) is 29.5 Å². The van der Waals surface area contributed by atoms with Crippen molar-refractivity contribution < 1.29 is 4.52 Å². The van der Waals surface area contributed by atoms with Crippen molar-refractivity contribution >= 4 is 21.6 Å². The fraction of sp³-hybridized carbons (Fsp3) is 0.154. The van der Waals surface area contributed by atoms with E-state index in [1.165, 1.54) is 22.2 Å². The number of hydrogen-bond acceptors (Lipinski definition) is 7. The van der Waals surface area contributed by atoms with Crippen LogP contribution in [-0.2, 0) is 13.1 Å². The van der Waals surface area contributed by atoms with E-state index in [-0.39, 0.29) is 12.1 Å². The van der Waals surface area contributed by atoms with Crippen molar-refractivity contribution in [3.8, 4) is 0 Å². The maximum atomic E-state index is 12.3. The summed E-state index contributed by atoms with van der Waals surface area (Å²) in [6.45, 7) is 0.622. The minimum absolute atomic E-state index is 0.113. The number of hydrogen-bond donors (Lipinski definition) is 0. The minimum Gasteiger partial charge on any atom is -0.337 e. The molecular weight excluding hydrogens is 304 g/mol. The van der Waals surface area contributed by atoms with Crippen LogP contribution in [0.4, 0.5) is 0 Å². The fourth-order valence-corrected chi connectivity index (χ4v) is 2.83. The van der Waals surface area contributed by atoms with Crippen molar-refractivity contribution in [1.29, 1.82) is 0 Å². The van der Waals surface area contributed by atoms with E-state index in [9.17, 15) is 4.79 Å². The molecule has 110 valence electrons. The highest BCUT2D eigenvalue weighted by molar-refractivity contribution is 7.16. The van der Waals surface area contributed by atoms with E-state index in [1.54, 1.807) is 16.9 Å². The molecule has 0 saturated carbocycles. The molecule has 0 aliphatic rings. The Hall–Kier alpha value is -2.81. The first-order valence-electron chi connectivity index (χ1n) is 6.51. The van der Waals surface area contributed by atoms with Gasteiger partial charge in [-0.15, -0.1) is 11.3 Å². The maximum absolute atomic E-state index is 12.3. The van der Waals surface area contributed by atoms with Gasteiger partial charge >= 0.3 is 0 Å². The summed E-state index contributed by atoms with van der Waals surface area (Å²) in [6, 6.07) is 3.59. The van der Waals surface area contributed by atoms with Crippen molar-refractivity contribution in [2.24, 2.45) is 0 Å². The van der Waals surface area contributed by atoms with Crippen molar-refractivity contribution in [2.75, 3.05) is 0 Å². The van der Waals surface area contributed by atoms with Gasteiger partial charge in [0.2, 0.25) is 5.89 Å². The van der Waals surface area contributed by atoms with Gasteiger partial charge in [-0.3, -0.25) is 14.0 Å². The summed E-state index contributed by atoms with van der Waals surface area (Å²) in [5, 5.41) is 10.4. The molecule has 8 nitrogen and oxygen atoms in total. The van der Waals surface area contributed by atoms with Crippen LogP contribution in [0.5, 0.6) is 0 Å². The zero-order valence-electron chi connectivity index (χ0n) is 11.3. The first-order valence-corrected chi connectivity index (χ1v) is 7.39. The van der Waals surface area contributed by atoms with Gasteiger partial charge in [-0.1, -0.05) is 5.16 Å². The maximum Gasteiger partial charge on any atom is 0.262 e. The van der Waals surface area contributed by atoms with Crippen LogP contribution in [0.1, 0.15) is 11.7 Å². The summed E-state index contributed by atoms with van der Waals surface area (Å²) in [5.41, 5.74) is -0.113. The number of thiophene rings is 1. The number of fused-ring (bicyclic) bond motifs is 1. The molecule has 0 unspecified atom stereocenters. The second kappa shape index (κ2) is 5.19. The molecule has 4 aromatic heterocycles.